The molecular formula is C16H13Cl5N2O. The Labute approximate surface area is 165 Å². The zero-order valence-electron chi connectivity index (χ0n) is 12.4. The number of rotatable bonds is 4. The number of hydrogen-bond donors (Lipinski definition) is 2. The molecule has 0 heterocycles. The number of nitrogens with one attached hydrogen (secondary N) is 2. The average Bonchev–Trinajstić information content (AvgIpc) is 2.50. The van der Waals surface area contributed by atoms with Crippen LogP contribution in [0.1, 0.15) is 15.9 Å². The second-order valence-electron chi connectivity index (χ2n) is 5.09. The van der Waals surface area contributed by atoms with Gasteiger partial charge in [-0.2, -0.15) is 0 Å². The molecule has 2 aromatic rings. The van der Waals surface area contributed by atoms with E-state index < -0.39 is 9.96 Å². The van der Waals surface area contributed by atoms with E-state index in [0.29, 0.717) is 21.3 Å². The number of benzene rings is 2. The number of carbonyl (C=O) groups is 1. The first kappa shape index (κ1) is 19.5. The minimum Gasteiger partial charge on any atom is -0.362 e. The number of hydrogen-bond acceptors (Lipinski definition) is 2. The Kier molecular flexibility index (Phi) is 6.52. The highest BCUT2D eigenvalue weighted by Gasteiger charge is 2.34. The SMILES string of the molecule is Cc1ccc(C(=O)NC(Nc2ccc(Cl)c(Cl)c2)C(Cl)(Cl)Cl)cc1. The van der Waals surface area contributed by atoms with Crippen LogP contribution in [-0.4, -0.2) is 15.9 Å². The summed E-state index contributed by atoms with van der Waals surface area (Å²) in [6.07, 6.45) is -0.978. The smallest absolute Gasteiger partial charge is 0.252 e. The van der Waals surface area contributed by atoms with Crippen LogP contribution in [0.5, 0.6) is 0 Å². The van der Waals surface area contributed by atoms with Gasteiger partial charge in [-0.05, 0) is 37.3 Å². The maximum Gasteiger partial charge on any atom is 0.252 e. The Hall–Kier alpha value is -0.840. The summed E-state index contributed by atoms with van der Waals surface area (Å²) in [4.78, 5) is 12.4. The topological polar surface area (TPSA) is 41.1 Å². The lowest BCUT2D eigenvalue weighted by Crippen LogP contribution is -2.49. The Morgan fingerprint density at radius 1 is 1.00 bits per heavy atom. The molecule has 3 nitrogen and oxygen atoms in total. The molecule has 2 rings (SSSR count). The lowest BCUT2D eigenvalue weighted by Gasteiger charge is -2.27. The zero-order chi connectivity index (χ0) is 17.9. The molecule has 0 aliphatic rings. The highest BCUT2D eigenvalue weighted by Crippen LogP contribution is 2.32. The molecule has 0 fully saturated rings. The highest BCUT2D eigenvalue weighted by molar-refractivity contribution is 6.68. The van der Waals surface area contributed by atoms with Crippen LogP contribution in [0.25, 0.3) is 0 Å². The Morgan fingerprint density at radius 2 is 1.62 bits per heavy atom. The molecule has 1 atom stereocenters. The van der Waals surface area contributed by atoms with Gasteiger partial charge < -0.3 is 10.6 Å². The third kappa shape index (κ3) is 5.33. The second-order valence-corrected chi connectivity index (χ2v) is 8.27. The molecule has 2 aromatic carbocycles. The summed E-state index contributed by atoms with van der Waals surface area (Å²) in [6.45, 7) is 1.93. The van der Waals surface area contributed by atoms with Crippen molar-refractivity contribution < 1.29 is 4.79 Å². The summed E-state index contributed by atoms with van der Waals surface area (Å²) in [5, 5.41) is 6.32. The van der Waals surface area contributed by atoms with Crippen molar-refractivity contribution in [2.75, 3.05) is 5.32 Å². The van der Waals surface area contributed by atoms with Gasteiger partial charge in [0.05, 0.1) is 10.0 Å². The van der Waals surface area contributed by atoms with Crippen molar-refractivity contribution in [3.05, 3.63) is 63.6 Å². The first-order valence-corrected chi connectivity index (χ1v) is 8.71. The van der Waals surface area contributed by atoms with Gasteiger partial charge in [-0.1, -0.05) is 75.7 Å². The lowest BCUT2D eigenvalue weighted by molar-refractivity contribution is 0.0942. The molecule has 0 aromatic heterocycles. The fraction of sp³-hybridized carbons (Fsp3) is 0.188. The molecule has 0 saturated carbocycles. The number of alkyl halides is 3. The van der Waals surface area contributed by atoms with Crippen LogP contribution < -0.4 is 10.6 Å². The van der Waals surface area contributed by atoms with E-state index in [1.807, 2.05) is 19.1 Å². The van der Waals surface area contributed by atoms with Gasteiger partial charge in [0.2, 0.25) is 3.79 Å². The number of amides is 1. The Morgan fingerprint density at radius 3 is 2.17 bits per heavy atom. The van der Waals surface area contributed by atoms with Crippen molar-refractivity contribution in [1.29, 1.82) is 0 Å². The fourth-order valence-electron chi connectivity index (χ4n) is 1.87. The third-order valence-corrected chi connectivity index (χ3v) is 4.54. The summed E-state index contributed by atoms with van der Waals surface area (Å²) < 4.78 is -1.79. The van der Waals surface area contributed by atoms with E-state index >= 15 is 0 Å². The van der Waals surface area contributed by atoms with Crippen LogP contribution in [0.4, 0.5) is 5.69 Å². The van der Waals surface area contributed by atoms with Crippen LogP contribution in [0.3, 0.4) is 0 Å². The second kappa shape index (κ2) is 8.03. The maximum atomic E-state index is 12.4. The minimum absolute atomic E-state index is 0.342. The van der Waals surface area contributed by atoms with Crippen LogP contribution in [-0.2, 0) is 0 Å². The molecule has 24 heavy (non-hydrogen) atoms. The normalized spacial score (nSPS) is 12.6. The first-order valence-electron chi connectivity index (χ1n) is 6.82. The molecule has 1 unspecified atom stereocenters. The van der Waals surface area contributed by atoms with E-state index in [0.717, 1.165) is 5.56 Å². The molecule has 128 valence electrons. The quantitative estimate of drug-likeness (QED) is 0.476. The number of carbonyl (C=O) groups excluding carboxylic acids is 1. The maximum absolute atomic E-state index is 12.4. The van der Waals surface area contributed by atoms with Crippen molar-refractivity contribution in [3.63, 3.8) is 0 Å². The molecular weight excluding hydrogens is 413 g/mol. The van der Waals surface area contributed by atoms with Crippen LogP contribution in [0.15, 0.2) is 42.5 Å². The first-order chi connectivity index (χ1) is 11.2. The number of halogens is 5. The van der Waals surface area contributed by atoms with Gasteiger partial charge in [-0.25, -0.2) is 0 Å². The van der Waals surface area contributed by atoms with Gasteiger partial charge in [-0.3, -0.25) is 4.79 Å². The van der Waals surface area contributed by atoms with Gasteiger partial charge in [0, 0.05) is 11.3 Å². The molecule has 2 N–H and O–H groups in total. The summed E-state index contributed by atoms with van der Waals surface area (Å²) in [5.74, 6) is -0.376. The molecule has 0 spiro atoms. The van der Waals surface area contributed by atoms with E-state index in [-0.39, 0.29) is 5.91 Å². The Bertz CT molecular complexity index is 728. The predicted octanol–water partition coefficient (Wildman–Crippen LogP) is 5.84. The third-order valence-electron chi connectivity index (χ3n) is 3.15. The number of anilines is 1. The monoisotopic (exact) mass is 424 g/mol. The number of aryl methyl sites for hydroxylation is 1. The molecule has 0 bridgehead atoms. The zero-order valence-corrected chi connectivity index (χ0v) is 16.2. The Balaban J connectivity index is 2.18. The van der Waals surface area contributed by atoms with Crippen molar-refractivity contribution in [3.8, 4) is 0 Å². The van der Waals surface area contributed by atoms with E-state index in [4.69, 9.17) is 58.0 Å². The van der Waals surface area contributed by atoms with Crippen LogP contribution >= 0.6 is 58.0 Å². The van der Waals surface area contributed by atoms with Crippen molar-refractivity contribution >= 4 is 69.6 Å². The summed E-state index contributed by atoms with van der Waals surface area (Å²) >= 11 is 29.8. The van der Waals surface area contributed by atoms with E-state index in [1.54, 1.807) is 30.3 Å². The summed E-state index contributed by atoms with van der Waals surface area (Å²) in [6, 6.07) is 11.9. The van der Waals surface area contributed by atoms with E-state index in [2.05, 4.69) is 10.6 Å². The molecule has 0 aliphatic heterocycles. The molecule has 0 saturated heterocycles. The van der Waals surface area contributed by atoms with Gasteiger partial charge in [0.15, 0.2) is 0 Å². The van der Waals surface area contributed by atoms with Crippen LogP contribution in [0.2, 0.25) is 10.0 Å². The largest absolute Gasteiger partial charge is 0.362 e. The van der Waals surface area contributed by atoms with E-state index in [9.17, 15) is 4.79 Å². The van der Waals surface area contributed by atoms with Crippen LogP contribution in [0, 0.1) is 6.92 Å². The highest BCUT2D eigenvalue weighted by atomic mass is 35.6. The van der Waals surface area contributed by atoms with E-state index in [1.165, 1.54) is 0 Å². The lowest BCUT2D eigenvalue weighted by atomic mass is 10.1. The fourth-order valence-corrected chi connectivity index (χ4v) is 2.50. The minimum atomic E-state index is -1.79. The summed E-state index contributed by atoms with van der Waals surface area (Å²) in [5.41, 5.74) is 2.04. The van der Waals surface area contributed by atoms with Gasteiger partial charge in [0.1, 0.15) is 6.17 Å². The standard InChI is InChI=1S/C16H13Cl5N2O/c1-9-2-4-10(5-3-9)14(24)23-15(16(19,20)21)22-11-6-7-12(17)13(18)8-11/h2-8,15,22H,1H3,(H,23,24). The molecule has 8 heteroatoms. The van der Waals surface area contributed by atoms with Crippen molar-refractivity contribution in [2.45, 2.75) is 16.9 Å². The molecule has 0 aliphatic carbocycles. The van der Waals surface area contributed by atoms with Crippen molar-refractivity contribution in [1.82, 2.24) is 5.32 Å². The predicted molar refractivity (Wildman–Crippen MR) is 103 cm³/mol. The van der Waals surface area contributed by atoms with Crippen molar-refractivity contribution in [2.24, 2.45) is 0 Å². The molecule has 0 radical (unpaired) electrons. The molecule has 1 amide bonds. The average molecular weight is 427 g/mol. The van der Waals surface area contributed by atoms with Gasteiger partial charge >= 0.3 is 0 Å². The van der Waals surface area contributed by atoms with Gasteiger partial charge in [0.25, 0.3) is 5.91 Å². The van der Waals surface area contributed by atoms with Gasteiger partial charge in [-0.15, -0.1) is 0 Å². The summed E-state index contributed by atoms with van der Waals surface area (Å²) in [7, 11) is 0.